The van der Waals surface area contributed by atoms with Gasteiger partial charge in [0.15, 0.2) is 12.2 Å². The Morgan fingerprint density at radius 1 is 0.276 bits per heavy atom. The number of carbonyl (C=O) groups excluding carboxylic acids is 4. The van der Waals surface area contributed by atoms with E-state index in [-0.39, 0.29) is 25.7 Å². The van der Waals surface area contributed by atoms with Crippen LogP contribution >= 0.6 is 15.6 Å². The number of phosphoric ester groups is 2. The number of carbonyl (C=O) groups is 4. The molecule has 0 heterocycles. The quantitative estimate of drug-likeness (QED) is 0.0222. The van der Waals surface area contributed by atoms with Crippen molar-refractivity contribution in [2.45, 2.75) is 477 Å². The molecule has 0 spiro atoms. The zero-order valence-corrected chi connectivity index (χ0v) is 70.8. The summed E-state index contributed by atoms with van der Waals surface area (Å²) in [6.45, 7) is 9.73. The Balaban J connectivity index is 5.21. The Morgan fingerprint density at radius 2 is 0.486 bits per heavy atom. The minimum atomic E-state index is -4.97. The molecule has 0 saturated carbocycles. The van der Waals surface area contributed by atoms with Crippen molar-refractivity contribution >= 4 is 39.5 Å². The predicted molar refractivity (Wildman–Crippen MR) is 432 cm³/mol. The van der Waals surface area contributed by atoms with E-state index in [1.54, 1.807) is 0 Å². The van der Waals surface area contributed by atoms with Crippen LogP contribution in [0.2, 0.25) is 0 Å². The first-order valence-electron chi connectivity index (χ1n) is 44.5. The minimum Gasteiger partial charge on any atom is -0.462 e. The van der Waals surface area contributed by atoms with Crippen LogP contribution in [0.25, 0.3) is 0 Å². The van der Waals surface area contributed by atoms with Crippen LogP contribution in [0.5, 0.6) is 0 Å². The second kappa shape index (κ2) is 77.4. The molecule has 0 aromatic carbocycles. The van der Waals surface area contributed by atoms with E-state index in [1.165, 1.54) is 276 Å². The lowest BCUT2D eigenvalue weighted by atomic mass is 9.99. The molecule has 0 radical (unpaired) electrons. The van der Waals surface area contributed by atoms with E-state index in [1.807, 2.05) is 0 Å². The van der Waals surface area contributed by atoms with E-state index in [0.717, 1.165) is 102 Å². The van der Waals surface area contributed by atoms with Gasteiger partial charge in [0.1, 0.15) is 19.3 Å². The molecule has 3 N–H and O–H groups in total. The molecule has 6 atom stereocenters. The summed E-state index contributed by atoms with van der Waals surface area (Å²) in [5.74, 6) is -0.458. The zero-order chi connectivity index (χ0) is 77.1. The Labute approximate surface area is 645 Å². The van der Waals surface area contributed by atoms with Crippen LogP contribution < -0.4 is 0 Å². The number of hydrogen-bond donors (Lipinski definition) is 3. The Morgan fingerprint density at radius 3 is 0.724 bits per heavy atom. The number of esters is 4. The van der Waals surface area contributed by atoms with E-state index < -0.39 is 97.5 Å². The molecule has 0 aliphatic rings. The number of hydrogen-bond acceptors (Lipinski definition) is 15. The highest BCUT2D eigenvalue weighted by Crippen LogP contribution is 2.45. The van der Waals surface area contributed by atoms with E-state index in [4.69, 9.17) is 37.0 Å². The predicted octanol–water partition coefficient (Wildman–Crippen LogP) is 26.2. The van der Waals surface area contributed by atoms with Gasteiger partial charge in [-0.15, -0.1) is 0 Å². The van der Waals surface area contributed by atoms with E-state index in [0.29, 0.717) is 25.7 Å². The van der Waals surface area contributed by atoms with E-state index in [9.17, 15) is 43.2 Å². The first-order chi connectivity index (χ1) is 50.9. The second-order valence-electron chi connectivity index (χ2n) is 31.6. The van der Waals surface area contributed by atoms with Crippen LogP contribution in [0, 0.1) is 11.8 Å². The summed E-state index contributed by atoms with van der Waals surface area (Å²) in [6.07, 6.45) is 69.4. The molecular weight excluding hydrogens is 1370 g/mol. The largest absolute Gasteiger partial charge is 0.472 e. The summed E-state index contributed by atoms with van der Waals surface area (Å²) >= 11 is 0. The van der Waals surface area contributed by atoms with Crippen molar-refractivity contribution in [2.24, 2.45) is 11.8 Å². The smallest absolute Gasteiger partial charge is 0.462 e. The number of rotatable bonds is 85. The number of phosphoric acid groups is 2. The van der Waals surface area contributed by atoms with Crippen LogP contribution in [-0.4, -0.2) is 96.7 Å². The fraction of sp³-hybridized carbons (Fsp3) is 0.953. The molecule has 0 rings (SSSR count). The van der Waals surface area contributed by atoms with Gasteiger partial charge in [-0.1, -0.05) is 408 Å². The third kappa shape index (κ3) is 78.5. The highest BCUT2D eigenvalue weighted by atomic mass is 31.2. The Kier molecular flexibility index (Phi) is 76.0. The van der Waals surface area contributed by atoms with Crippen molar-refractivity contribution in [3.8, 4) is 0 Å². The number of ether oxygens (including phenoxy) is 4. The average molecular weight is 1540 g/mol. The maximum atomic E-state index is 13.1. The van der Waals surface area contributed by atoms with Gasteiger partial charge in [-0.05, 0) is 37.5 Å². The second-order valence-corrected chi connectivity index (χ2v) is 34.6. The topological polar surface area (TPSA) is 237 Å². The molecule has 105 heavy (non-hydrogen) atoms. The summed E-state index contributed by atoms with van der Waals surface area (Å²) in [6, 6.07) is 0. The van der Waals surface area contributed by atoms with Crippen molar-refractivity contribution in [2.75, 3.05) is 39.6 Å². The summed E-state index contributed by atoms with van der Waals surface area (Å²) < 4.78 is 68.9. The lowest BCUT2D eigenvalue weighted by Gasteiger charge is -2.21. The zero-order valence-electron chi connectivity index (χ0n) is 69.0. The minimum absolute atomic E-state index is 0.108. The molecule has 19 heteroatoms. The fourth-order valence-electron chi connectivity index (χ4n) is 13.4. The molecule has 0 aromatic rings. The average Bonchev–Trinajstić information content (AvgIpc) is 1.02. The van der Waals surface area contributed by atoms with Gasteiger partial charge >= 0.3 is 39.5 Å². The van der Waals surface area contributed by atoms with Gasteiger partial charge in [0.05, 0.1) is 26.4 Å². The molecule has 0 amide bonds. The number of aliphatic hydroxyl groups excluding tert-OH is 1. The van der Waals surface area contributed by atoms with E-state index in [2.05, 4.69) is 41.5 Å². The summed E-state index contributed by atoms with van der Waals surface area (Å²) in [5, 5.41) is 10.7. The third-order valence-corrected chi connectivity index (χ3v) is 22.5. The van der Waals surface area contributed by atoms with Crippen LogP contribution in [-0.2, 0) is 65.4 Å². The van der Waals surface area contributed by atoms with Gasteiger partial charge in [-0.25, -0.2) is 9.13 Å². The first-order valence-corrected chi connectivity index (χ1v) is 47.5. The van der Waals surface area contributed by atoms with Crippen molar-refractivity contribution in [3.05, 3.63) is 0 Å². The molecule has 0 saturated heterocycles. The molecule has 624 valence electrons. The van der Waals surface area contributed by atoms with Gasteiger partial charge in [-0.2, -0.15) is 0 Å². The van der Waals surface area contributed by atoms with Crippen LogP contribution in [0.15, 0.2) is 0 Å². The van der Waals surface area contributed by atoms with Crippen molar-refractivity contribution in [3.63, 3.8) is 0 Å². The molecule has 0 fully saturated rings. The Bertz CT molecular complexity index is 2010. The van der Waals surface area contributed by atoms with Crippen LogP contribution in [0.3, 0.4) is 0 Å². The van der Waals surface area contributed by atoms with Gasteiger partial charge < -0.3 is 33.8 Å². The molecule has 17 nitrogen and oxygen atoms in total. The first kappa shape index (κ1) is 103. The number of aliphatic hydroxyl groups is 1. The highest BCUT2D eigenvalue weighted by Gasteiger charge is 2.30. The van der Waals surface area contributed by atoms with Gasteiger partial charge in [-0.3, -0.25) is 37.3 Å². The van der Waals surface area contributed by atoms with Crippen molar-refractivity contribution in [1.29, 1.82) is 0 Å². The van der Waals surface area contributed by atoms with Gasteiger partial charge in [0.2, 0.25) is 0 Å². The summed E-state index contributed by atoms with van der Waals surface area (Å²) in [5.41, 5.74) is 0. The monoisotopic (exact) mass is 1540 g/mol. The maximum absolute atomic E-state index is 13.1. The van der Waals surface area contributed by atoms with Gasteiger partial charge in [0, 0.05) is 25.7 Å². The molecule has 0 aliphatic heterocycles. The molecule has 0 aliphatic carbocycles. The summed E-state index contributed by atoms with van der Waals surface area (Å²) in [7, 11) is -9.93. The Hall–Kier alpha value is -1.94. The standard InChI is InChI=1S/C86H168O17P2/c1-7-10-12-14-16-18-19-20-21-22-23-24-25-26-27-35-40-46-52-58-64-70-86(91)103-82(75-97-84(89)69-63-57-51-45-39-34-31-29-33-38-44-49-55-61-67-79(6)9-3)77-101-105(94,95)99-73-80(87)72-98-104(92,93)100-76-81(74-96-83(88)68-62-56-50-42-17-15-13-11-8-2)102-85(90)71-65-59-53-47-41-36-30-28-32-37-43-48-54-60-66-78(4)5/h78-82,87H,7-77H2,1-6H3,(H,92,93)(H,94,95)/t79?,80-,81+,82+/m0/s1. The SMILES string of the molecule is CCCCCCCCCCCCCCCCCCCCCCCC(=O)O[C@H](COC(=O)CCCCCCCCCCCCCCCCC(C)CC)COP(=O)(O)OC[C@@H](O)COP(=O)(O)OC[C@@H](COC(=O)CCCCCCCCCCC)OC(=O)CCCCCCCCCCCCCCCCC(C)C. The molecule has 0 bridgehead atoms. The highest BCUT2D eigenvalue weighted by molar-refractivity contribution is 7.47. The molecule has 3 unspecified atom stereocenters. The van der Waals surface area contributed by atoms with Crippen LogP contribution in [0.1, 0.15) is 459 Å². The normalized spacial score (nSPS) is 14.1. The fourth-order valence-corrected chi connectivity index (χ4v) is 15.0. The lowest BCUT2D eigenvalue weighted by Crippen LogP contribution is -2.30. The third-order valence-electron chi connectivity index (χ3n) is 20.6. The lowest BCUT2D eigenvalue weighted by molar-refractivity contribution is -0.161. The van der Waals surface area contributed by atoms with Crippen molar-refractivity contribution < 1.29 is 80.2 Å². The van der Waals surface area contributed by atoms with E-state index >= 15 is 0 Å². The number of unbranched alkanes of at least 4 members (excludes halogenated alkanes) is 54. The maximum Gasteiger partial charge on any atom is 0.472 e. The summed E-state index contributed by atoms with van der Waals surface area (Å²) in [4.78, 5) is 73.2. The van der Waals surface area contributed by atoms with Crippen LogP contribution in [0.4, 0.5) is 0 Å². The van der Waals surface area contributed by atoms with Crippen molar-refractivity contribution in [1.82, 2.24) is 0 Å². The van der Waals surface area contributed by atoms with Gasteiger partial charge in [0.25, 0.3) is 0 Å². The molecular formula is C86H168O17P2. The molecule has 0 aromatic heterocycles.